The third-order valence-corrected chi connectivity index (χ3v) is 6.53. The van der Waals surface area contributed by atoms with Crippen molar-refractivity contribution in [1.29, 1.82) is 0 Å². The molecule has 1 atom stereocenters. The molecule has 0 aliphatic rings. The Kier molecular flexibility index (Phi) is 6.99. The summed E-state index contributed by atoms with van der Waals surface area (Å²) in [5, 5.41) is 7.97. The highest BCUT2D eigenvalue weighted by molar-refractivity contribution is 5.95. The van der Waals surface area contributed by atoms with Crippen LogP contribution in [-0.4, -0.2) is 33.7 Å². The maximum Gasteiger partial charge on any atom is 0.270 e. The van der Waals surface area contributed by atoms with E-state index in [1.54, 1.807) is 13.2 Å². The molecule has 0 saturated heterocycles. The molecular weight excluding hydrogens is 460 g/mol. The summed E-state index contributed by atoms with van der Waals surface area (Å²) in [5.41, 5.74) is 6.56. The monoisotopic (exact) mass is 490 g/mol. The lowest BCUT2D eigenvalue weighted by atomic mass is 10.1. The molecule has 2 heterocycles. The van der Waals surface area contributed by atoms with Crippen LogP contribution >= 0.6 is 0 Å². The number of methoxy groups -OCH3 is 1. The Morgan fingerprint density at radius 3 is 2.38 bits per heavy atom. The summed E-state index contributed by atoms with van der Waals surface area (Å²) in [6, 6.07) is 29.9. The number of carbonyl (C=O) groups excluding carboxylic acids is 1. The van der Waals surface area contributed by atoms with Gasteiger partial charge in [-0.15, -0.1) is 0 Å². The molecule has 0 aliphatic carbocycles. The zero-order chi connectivity index (χ0) is 25.8. The van der Waals surface area contributed by atoms with E-state index in [0.717, 1.165) is 40.9 Å². The topological polar surface area (TPSA) is 68.5 Å². The molecule has 2 aromatic heterocycles. The predicted octanol–water partition coefficient (Wildman–Crippen LogP) is 6.13. The van der Waals surface area contributed by atoms with Crippen LogP contribution in [0.1, 0.15) is 35.1 Å². The normalized spacial score (nSPS) is 11.9. The number of hydrogen-bond acceptors (Lipinski definition) is 4. The van der Waals surface area contributed by atoms with Gasteiger partial charge in [0.05, 0.1) is 18.5 Å². The lowest BCUT2D eigenvalue weighted by Crippen LogP contribution is -2.33. The van der Waals surface area contributed by atoms with Crippen molar-refractivity contribution in [3.05, 3.63) is 108 Å². The van der Waals surface area contributed by atoms with Gasteiger partial charge in [0, 0.05) is 17.2 Å². The Bertz CT molecular complexity index is 1530. The second-order valence-corrected chi connectivity index (χ2v) is 9.19. The average molecular weight is 491 g/mol. The average Bonchev–Trinajstić information content (AvgIpc) is 3.28. The number of para-hydroxylation sites is 1. The fourth-order valence-electron chi connectivity index (χ4n) is 4.63. The minimum atomic E-state index is -0.211. The second kappa shape index (κ2) is 10.7. The first kappa shape index (κ1) is 24.3. The van der Waals surface area contributed by atoms with Gasteiger partial charge in [0.2, 0.25) is 0 Å². The fraction of sp³-hybridized carbons (Fsp3) is 0.194. The summed E-state index contributed by atoms with van der Waals surface area (Å²) in [4.78, 5) is 18.3. The van der Waals surface area contributed by atoms with Crippen molar-refractivity contribution >= 4 is 11.6 Å². The summed E-state index contributed by atoms with van der Waals surface area (Å²) in [6.07, 6.45) is 1.72. The molecule has 0 unspecified atom stereocenters. The van der Waals surface area contributed by atoms with E-state index in [2.05, 4.69) is 17.4 Å². The van der Waals surface area contributed by atoms with Gasteiger partial charge in [-0.05, 0) is 56.0 Å². The molecular formula is C31H30N4O2. The Morgan fingerprint density at radius 2 is 1.65 bits per heavy atom. The van der Waals surface area contributed by atoms with Gasteiger partial charge in [-0.3, -0.25) is 4.79 Å². The number of ether oxygens (including phenoxy) is 1. The van der Waals surface area contributed by atoms with E-state index in [-0.39, 0.29) is 11.9 Å². The molecule has 37 heavy (non-hydrogen) atoms. The van der Waals surface area contributed by atoms with E-state index in [1.165, 1.54) is 5.56 Å². The number of benzene rings is 3. The molecule has 1 amide bonds. The number of fused-ring (bicyclic) bond motifs is 1. The number of aryl methyl sites for hydroxylation is 2. The van der Waals surface area contributed by atoms with Crippen molar-refractivity contribution in [2.75, 3.05) is 7.11 Å². The highest BCUT2D eigenvalue weighted by Gasteiger charge is 2.22. The molecule has 5 aromatic rings. The van der Waals surface area contributed by atoms with Gasteiger partial charge in [0.1, 0.15) is 11.4 Å². The number of nitrogens with one attached hydrogen (secondary N) is 1. The maximum atomic E-state index is 13.5. The third-order valence-electron chi connectivity index (χ3n) is 6.53. The number of nitrogens with zero attached hydrogens (tertiary/aromatic N) is 3. The molecule has 0 saturated carbocycles. The Morgan fingerprint density at radius 1 is 0.973 bits per heavy atom. The van der Waals surface area contributed by atoms with E-state index >= 15 is 0 Å². The quantitative estimate of drug-likeness (QED) is 0.284. The van der Waals surface area contributed by atoms with Gasteiger partial charge in [0.15, 0.2) is 5.65 Å². The van der Waals surface area contributed by atoms with Crippen LogP contribution in [0.3, 0.4) is 0 Å². The van der Waals surface area contributed by atoms with Gasteiger partial charge in [0.25, 0.3) is 5.91 Å². The molecule has 0 radical (unpaired) electrons. The number of aromatic nitrogens is 3. The smallest absolute Gasteiger partial charge is 0.270 e. The molecule has 3 aromatic carbocycles. The van der Waals surface area contributed by atoms with Crippen molar-refractivity contribution in [2.24, 2.45) is 0 Å². The van der Waals surface area contributed by atoms with E-state index < -0.39 is 0 Å². The lowest BCUT2D eigenvalue weighted by molar-refractivity contribution is 0.0933. The first-order valence-electron chi connectivity index (χ1n) is 12.5. The van der Waals surface area contributed by atoms with E-state index in [0.29, 0.717) is 17.1 Å². The van der Waals surface area contributed by atoms with Gasteiger partial charge in [-0.2, -0.15) is 5.10 Å². The van der Waals surface area contributed by atoms with Crippen LogP contribution < -0.4 is 10.1 Å². The highest BCUT2D eigenvalue weighted by Crippen LogP contribution is 2.34. The SMILES string of the molecule is COc1ccccc1-c1cc(C(=O)N[C@@H](C)CCc2ccccc2)nc2c(-c3ccccc3)c(C)nn12. The minimum Gasteiger partial charge on any atom is -0.496 e. The Balaban J connectivity index is 1.56. The molecule has 0 bridgehead atoms. The maximum absolute atomic E-state index is 13.5. The predicted molar refractivity (Wildman–Crippen MR) is 147 cm³/mol. The zero-order valence-electron chi connectivity index (χ0n) is 21.3. The lowest BCUT2D eigenvalue weighted by Gasteiger charge is -2.15. The van der Waals surface area contributed by atoms with E-state index in [4.69, 9.17) is 14.8 Å². The van der Waals surface area contributed by atoms with Crippen LogP contribution in [0, 0.1) is 6.92 Å². The summed E-state index contributed by atoms with van der Waals surface area (Å²) >= 11 is 0. The van der Waals surface area contributed by atoms with Crippen molar-refractivity contribution in [3.8, 4) is 28.1 Å². The molecule has 0 aliphatic heterocycles. The summed E-state index contributed by atoms with van der Waals surface area (Å²) in [6.45, 7) is 3.99. The fourth-order valence-corrected chi connectivity index (χ4v) is 4.63. The van der Waals surface area contributed by atoms with Gasteiger partial charge in [-0.1, -0.05) is 72.8 Å². The molecule has 1 N–H and O–H groups in total. The van der Waals surface area contributed by atoms with Crippen LogP contribution in [-0.2, 0) is 6.42 Å². The van der Waals surface area contributed by atoms with Crippen molar-refractivity contribution in [2.45, 2.75) is 32.7 Å². The largest absolute Gasteiger partial charge is 0.496 e. The molecule has 186 valence electrons. The van der Waals surface area contributed by atoms with Crippen LogP contribution in [0.5, 0.6) is 5.75 Å². The van der Waals surface area contributed by atoms with E-state index in [9.17, 15) is 4.79 Å². The van der Waals surface area contributed by atoms with E-state index in [1.807, 2.05) is 91.2 Å². The number of carbonyl (C=O) groups is 1. The minimum absolute atomic E-state index is 0.0133. The molecule has 5 rings (SSSR count). The number of amides is 1. The molecule has 0 spiro atoms. The first-order valence-corrected chi connectivity index (χ1v) is 12.5. The van der Waals surface area contributed by atoms with Crippen molar-refractivity contribution in [3.63, 3.8) is 0 Å². The molecule has 6 heteroatoms. The number of rotatable bonds is 8. The van der Waals surface area contributed by atoms with Gasteiger partial charge in [-0.25, -0.2) is 9.50 Å². The van der Waals surface area contributed by atoms with Crippen molar-refractivity contribution in [1.82, 2.24) is 19.9 Å². The molecule has 0 fully saturated rings. The summed E-state index contributed by atoms with van der Waals surface area (Å²) in [5.74, 6) is 0.490. The third kappa shape index (κ3) is 5.09. The van der Waals surface area contributed by atoms with Gasteiger partial charge >= 0.3 is 0 Å². The van der Waals surface area contributed by atoms with Crippen LogP contribution in [0.2, 0.25) is 0 Å². The zero-order valence-corrected chi connectivity index (χ0v) is 21.3. The Labute approximate surface area is 217 Å². The van der Waals surface area contributed by atoms with Crippen LogP contribution in [0.25, 0.3) is 28.0 Å². The van der Waals surface area contributed by atoms with Gasteiger partial charge < -0.3 is 10.1 Å². The van der Waals surface area contributed by atoms with Crippen molar-refractivity contribution < 1.29 is 9.53 Å². The second-order valence-electron chi connectivity index (χ2n) is 9.19. The molecule has 6 nitrogen and oxygen atoms in total. The number of hydrogen-bond donors (Lipinski definition) is 1. The standard InChI is InChI=1S/C31H30N4O2/c1-21(18-19-23-12-6-4-7-13-23)32-31(36)26-20-27(25-16-10-11-17-28(25)37-3)35-30(33-26)29(22(2)34-35)24-14-8-5-9-15-24/h4-17,20-21H,18-19H2,1-3H3,(H,32,36)/t21-/m0/s1. The Hall–Kier alpha value is -4.45. The van der Waals surface area contributed by atoms with Crippen LogP contribution in [0.15, 0.2) is 91.0 Å². The highest BCUT2D eigenvalue weighted by atomic mass is 16.5. The van der Waals surface area contributed by atoms with Crippen LogP contribution in [0.4, 0.5) is 0 Å². The first-order chi connectivity index (χ1) is 18.0. The summed E-state index contributed by atoms with van der Waals surface area (Å²) < 4.78 is 7.46. The summed E-state index contributed by atoms with van der Waals surface area (Å²) in [7, 11) is 1.64.